The second-order valence-electron chi connectivity index (χ2n) is 3.93. The van der Waals surface area contributed by atoms with Crippen molar-refractivity contribution in [3.05, 3.63) is 62.1 Å². The van der Waals surface area contributed by atoms with Crippen molar-refractivity contribution in [1.29, 1.82) is 0 Å². The van der Waals surface area contributed by atoms with Gasteiger partial charge in [0, 0.05) is 18.3 Å². The number of hydrogen-bond acceptors (Lipinski definition) is 4. The number of nitrogen functional groups attached to an aromatic ring is 1. The van der Waals surface area contributed by atoms with Crippen LogP contribution in [-0.2, 0) is 0 Å². The SMILES string of the molecule is Nc1c(Cl)cc(N=Cc2cccc([N+](=O)[O-])c2)cc1Cl. The molecule has 0 atom stereocenters. The van der Waals surface area contributed by atoms with Gasteiger partial charge in [-0.15, -0.1) is 0 Å². The largest absolute Gasteiger partial charge is 0.396 e. The Morgan fingerprint density at radius 3 is 2.45 bits per heavy atom. The molecule has 2 rings (SSSR count). The summed E-state index contributed by atoms with van der Waals surface area (Å²) < 4.78 is 0. The molecule has 0 radical (unpaired) electrons. The molecule has 0 spiro atoms. The summed E-state index contributed by atoms with van der Waals surface area (Å²) in [6.07, 6.45) is 1.49. The fourth-order valence-corrected chi connectivity index (χ4v) is 1.99. The third kappa shape index (κ3) is 3.26. The average Bonchev–Trinajstić information content (AvgIpc) is 2.42. The zero-order chi connectivity index (χ0) is 14.7. The van der Waals surface area contributed by atoms with Gasteiger partial charge in [0.15, 0.2) is 0 Å². The summed E-state index contributed by atoms with van der Waals surface area (Å²) in [5.74, 6) is 0. The summed E-state index contributed by atoms with van der Waals surface area (Å²) in [6.45, 7) is 0. The third-order valence-corrected chi connectivity index (χ3v) is 3.13. The maximum atomic E-state index is 10.7. The molecule has 2 aromatic carbocycles. The van der Waals surface area contributed by atoms with Crippen molar-refractivity contribution < 1.29 is 4.92 Å². The summed E-state index contributed by atoms with van der Waals surface area (Å²) in [4.78, 5) is 14.4. The zero-order valence-electron chi connectivity index (χ0n) is 10.1. The van der Waals surface area contributed by atoms with Crippen LogP contribution in [0.25, 0.3) is 0 Å². The fraction of sp³-hybridized carbons (Fsp3) is 0. The van der Waals surface area contributed by atoms with Crippen LogP contribution in [0.1, 0.15) is 5.56 Å². The maximum Gasteiger partial charge on any atom is 0.270 e. The van der Waals surface area contributed by atoms with E-state index in [4.69, 9.17) is 28.9 Å². The lowest BCUT2D eigenvalue weighted by Gasteiger charge is -2.02. The number of nitrogens with two attached hydrogens (primary N) is 1. The molecule has 0 heterocycles. The molecule has 0 bridgehead atoms. The second-order valence-corrected chi connectivity index (χ2v) is 4.75. The molecule has 20 heavy (non-hydrogen) atoms. The Hall–Kier alpha value is -2.11. The molecule has 0 aliphatic rings. The molecule has 0 aliphatic heterocycles. The van der Waals surface area contributed by atoms with Crippen LogP contribution in [0.3, 0.4) is 0 Å². The molecular weight excluding hydrogens is 301 g/mol. The summed E-state index contributed by atoms with van der Waals surface area (Å²) >= 11 is 11.8. The number of non-ortho nitro benzene ring substituents is 1. The van der Waals surface area contributed by atoms with Gasteiger partial charge in [-0.2, -0.15) is 0 Å². The highest BCUT2D eigenvalue weighted by atomic mass is 35.5. The van der Waals surface area contributed by atoms with E-state index >= 15 is 0 Å². The topological polar surface area (TPSA) is 81.5 Å². The highest BCUT2D eigenvalue weighted by molar-refractivity contribution is 6.39. The standard InChI is InChI=1S/C13H9Cl2N3O2/c14-11-5-9(6-12(15)13(11)16)17-7-8-2-1-3-10(4-8)18(19)20/h1-7H,16H2. The fourth-order valence-electron chi connectivity index (χ4n) is 1.51. The summed E-state index contributed by atoms with van der Waals surface area (Å²) in [5, 5.41) is 11.3. The third-order valence-electron chi connectivity index (χ3n) is 2.51. The number of anilines is 1. The highest BCUT2D eigenvalue weighted by Gasteiger charge is 2.05. The first-order chi connectivity index (χ1) is 9.47. The molecule has 2 N–H and O–H groups in total. The first kappa shape index (κ1) is 14.3. The van der Waals surface area contributed by atoms with Crippen LogP contribution in [0.15, 0.2) is 41.4 Å². The Morgan fingerprint density at radius 2 is 1.85 bits per heavy atom. The molecule has 0 unspecified atom stereocenters. The van der Waals surface area contributed by atoms with E-state index < -0.39 is 4.92 Å². The summed E-state index contributed by atoms with van der Waals surface area (Å²) in [6, 6.07) is 9.25. The maximum absolute atomic E-state index is 10.7. The first-order valence-corrected chi connectivity index (χ1v) is 6.26. The van der Waals surface area contributed by atoms with Crippen LogP contribution in [0, 0.1) is 10.1 Å². The number of aliphatic imine (C=N–C) groups is 1. The van der Waals surface area contributed by atoms with Crippen molar-refractivity contribution >= 4 is 46.5 Å². The van der Waals surface area contributed by atoms with Gasteiger partial charge in [-0.05, 0) is 17.7 Å². The van der Waals surface area contributed by atoms with E-state index in [2.05, 4.69) is 4.99 Å². The Balaban J connectivity index is 2.30. The van der Waals surface area contributed by atoms with Crippen molar-refractivity contribution in [3.8, 4) is 0 Å². The van der Waals surface area contributed by atoms with Crippen molar-refractivity contribution in [2.24, 2.45) is 4.99 Å². The molecular formula is C13H9Cl2N3O2. The second kappa shape index (κ2) is 5.90. The molecule has 0 saturated heterocycles. The Bertz CT molecular complexity index is 679. The minimum atomic E-state index is -0.464. The molecule has 0 aliphatic carbocycles. The van der Waals surface area contributed by atoms with E-state index in [1.165, 1.54) is 18.3 Å². The number of nitrogens with zero attached hydrogens (tertiary/aromatic N) is 2. The molecule has 0 amide bonds. The molecule has 7 heteroatoms. The molecule has 102 valence electrons. The van der Waals surface area contributed by atoms with Gasteiger partial charge in [0.1, 0.15) is 0 Å². The Morgan fingerprint density at radius 1 is 1.20 bits per heavy atom. The van der Waals surface area contributed by atoms with Gasteiger partial charge in [-0.1, -0.05) is 35.3 Å². The number of nitro benzene ring substituents is 1. The monoisotopic (exact) mass is 309 g/mol. The summed E-state index contributed by atoms with van der Waals surface area (Å²) in [7, 11) is 0. The van der Waals surface area contributed by atoms with Gasteiger partial charge in [-0.25, -0.2) is 0 Å². The van der Waals surface area contributed by atoms with Gasteiger partial charge in [-0.3, -0.25) is 15.1 Å². The molecule has 0 fully saturated rings. The van der Waals surface area contributed by atoms with Crippen LogP contribution < -0.4 is 5.73 Å². The van der Waals surface area contributed by atoms with Gasteiger partial charge >= 0.3 is 0 Å². The van der Waals surface area contributed by atoms with Crippen molar-refractivity contribution in [3.63, 3.8) is 0 Å². The van der Waals surface area contributed by atoms with Crippen molar-refractivity contribution in [1.82, 2.24) is 0 Å². The highest BCUT2D eigenvalue weighted by Crippen LogP contribution is 2.32. The van der Waals surface area contributed by atoms with Crippen LogP contribution >= 0.6 is 23.2 Å². The van der Waals surface area contributed by atoms with Crippen molar-refractivity contribution in [2.75, 3.05) is 5.73 Å². The van der Waals surface area contributed by atoms with E-state index in [9.17, 15) is 10.1 Å². The van der Waals surface area contributed by atoms with Crippen LogP contribution in [0.2, 0.25) is 10.0 Å². The number of halogens is 2. The molecule has 2 aromatic rings. The first-order valence-electron chi connectivity index (χ1n) is 5.50. The minimum Gasteiger partial charge on any atom is -0.396 e. The van der Waals surface area contributed by atoms with E-state index in [-0.39, 0.29) is 5.69 Å². The van der Waals surface area contributed by atoms with E-state index in [1.54, 1.807) is 24.3 Å². The number of nitro groups is 1. The van der Waals surface area contributed by atoms with Gasteiger partial charge in [0.2, 0.25) is 0 Å². The summed E-state index contributed by atoms with van der Waals surface area (Å²) in [5.41, 5.74) is 7.03. The number of hydrogen-bond donors (Lipinski definition) is 1. The molecule has 0 saturated carbocycles. The Kier molecular flexibility index (Phi) is 4.22. The lowest BCUT2D eigenvalue weighted by molar-refractivity contribution is -0.384. The smallest absolute Gasteiger partial charge is 0.270 e. The lowest BCUT2D eigenvalue weighted by Crippen LogP contribution is -1.89. The van der Waals surface area contributed by atoms with Crippen LogP contribution in [0.5, 0.6) is 0 Å². The lowest BCUT2D eigenvalue weighted by atomic mass is 10.2. The average molecular weight is 310 g/mol. The van der Waals surface area contributed by atoms with Gasteiger partial charge < -0.3 is 5.73 Å². The van der Waals surface area contributed by atoms with E-state index in [0.717, 1.165) is 0 Å². The minimum absolute atomic E-state index is 0.00215. The predicted molar refractivity (Wildman–Crippen MR) is 81.2 cm³/mol. The van der Waals surface area contributed by atoms with E-state index in [1.807, 2.05) is 0 Å². The van der Waals surface area contributed by atoms with Gasteiger partial charge in [0.25, 0.3) is 5.69 Å². The van der Waals surface area contributed by atoms with Crippen LogP contribution in [-0.4, -0.2) is 11.1 Å². The Labute approximate surface area is 124 Å². The quantitative estimate of drug-likeness (QED) is 0.398. The zero-order valence-corrected chi connectivity index (χ0v) is 11.6. The normalized spacial score (nSPS) is 10.9. The number of rotatable bonds is 3. The predicted octanol–water partition coefficient (Wildman–Crippen LogP) is 4.23. The van der Waals surface area contributed by atoms with Gasteiger partial charge in [0.05, 0.1) is 26.3 Å². The van der Waals surface area contributed by atoms with Crippen molar-refractivity contribution in [2.45, 2.75) is 0 Å². The molecule has 5 nitrogen and oxygen atoms in total. The van der Waals surface area contributed by atoms with E-state index in [0.29, 0.717) is 27.0 Å². The molecule has 0 aromatic heterocycles. The number of benzene rings is 2. The van der Waals surface area contributed by atoms with Crippen LogP contribution in [0.4, 0.5) is 17.1 Å².